The van der Waals surface area contributed by atoms with Crippen LogP contribution in [-0.2, 0) is 9.59 Å². The molecule has 7 nitrogen and oxygen atoms in total. The van der Waals surface area contributed by atoms with Crippen molar-refractivity contribution in [1.29, 1.82) is 0 Å². The summed E-state index contributed by atoms with van der Waals surface area (Å²) in [5, 5.41) is 2.21. The highest BCUT2D eigenvalue weighted by atomic mass is 79.9. The molecule has 0 saturated carbocycles. The van der Waals surface area contributed by atoms with Gasteiger partial charge in [0.2, 0.25) is 0 Å². The molecule has 31 heavy (non-hydrogen) atoms. The molecule has 2 aromatic carbocycles. The molecule has 1 aliphatic rings. The Morgan fingerprint density at radius 2 is 1.87 bits per heavy atom. The fraction of sp³-hybridized carbons (Fsp3) is 0.136. The van der Waals surface area contributed by atoms with Crippen molar-refractivity contribution >= 4 is 61.5 Å². The SMILES string of the molecule is C=CCOc1c(Br)cc(/C=C2\C(=O)NC(=O)N(c3ccc(Br)c(C)c3)C2=O)cc1OC. The van der Waals surface area contributed by atoms with Gasteiger partial charge in [-0.15, -0.1) is 0 Å². The Morgan fingerprint density at radius 1 is 1.13 bits per heavy atom. The summed E-state index contributed by atoms with van der Waals surface area (Å²) in [6.45, 7) is 5.73. The van der Waals surface area contributed by atoms with Gasteiger partial charge in [-0.1, -0.05) is 28.6 Å². The molecule has 1 heterocycles. The van der Waals surface area contributed by atoms with E-state index in [1.165, 1.54) is 13.2 Å². The minimum atomic E-state index is -0.805. The van der Waals surface area contributed by atoms with E-state index in [9.17, 15) is 14.4 Å². The smallest absolute Gasteiger partial charge is 0.335 e. The van der Waals surface area contributed by atoms with Crippen molar-refractivity contribution in [2.75, 3.05) is 18.6 Å². The van der Waals surface area contributed by atoms with E-state index in [1.54, 1.807) is 36.4 Å². The van der Waals surface area contributed by atoms with E-state index in [2.05, 4.69) is 43.8 Å². The normalized spacial score (nSPS) is 15.2. The molecule has 0 spiro atoms. The molecule has 0 bridgehead atoms. The number of anilines is 1. The molecule has 4 amide bonds. The lowest BCUT2D eigenvalue weighted by Crippen LogP contribution is -2.54. The van der Waals surface area contributed by atoms with Gasteiger partial charge in [0.05, 0.1) is 17.3 Å². The van der Waals surface area contributed by atoms with Crippen LogP contribution in [-0.4, -0.2) is 31.6 Å². The fourth-order valence-electron chi connectivity index (χ4n) is 2.93. The Bertz CT molecular complexity index is 1130. The molecule has 1 saturated heterocycles. The van der Waals surface area contributed by atoms with E-state index in [4.69, 9.17) is 9.47 Å². The predicted molar refractivity (Wildman–Crippen MR) is 124 cm³/mol. The number of nitrogens with zero attached hydrogens (tertiary/aromatic N) is 1. The summed E-state index contributed by atoms with van der Waals surface area (Å²) in [5.41, 5.74) is 1.51. The number of methoxy groups -OCH3 is 1. The van der Waals surface area contributed by atoms with Gasteiger partial charge in [-0.2, -0.15) is 0 Å². The number of rotatable bonds is 6. The van der Waals surface area contributed by atoms with E-state index in [0.717, 1.165) is 14.9 Å². The van der Waals surface area contributed by atoms with Crippen molar-refractivity contribution in [2.45, 2.75) is 6.92 Å². The number of barbiturate groups is 1. The first-order valence-corrected chi connectivity index (χ1v) is 10.6. The van der Waals surface area contributed by atoms with Crippen LogP contribution in [0.15, 0.2) is 57.5 Å². The molecule has 0 atom stereocenters. The number of aryl methyl sites for hydroxylation is 1. The Morgan fingerprint density at radius 3 is 2.52 bits per heavy atom. The molecule has 2 aromatic rings. The third kappa shape index (κ3) is 4.72. The van der Waals surface area contributed by atoms with E-state index < -0.39 is 17.8 Å². The zero-order valence-corrected chi connectivity index (χ0v) is 19.9. The third-order valence-electron chi connectivity index (χ3n) is 4.41. The molecule has 0 unspecified atom stereocenters. The summed E-state index contributed by atoms with van der Waals surface area (Å²) < 4.78 is 12.4. The van der Waals surface area contributed by atoms with Gasteiger partial charge in [0, 0.05) is 4.47 Å². The molecule has 160 valence electrons. The number of nitrogens with one attached hydrogen (secondary N) is 1. The first-order valence-electron chi connectivity index (χ1n) is 9.05. The van der Waals surface area contributed by atoms with Crippen molar-refractivity contribution in [3.8, 4) is 11.5 Å². The highest BCUT2D eigenvalue weighted by Gasteiger charge is 2.37. The number of hydrogen-bond acceptors (Lipinski definition) is 5. The second-order valence-electron chi connectivity index (χ2n) is 6.53. The zero-order valence-electron chi connectivity index (χ0n) is 16.7. The number of halogens is 2. The van der Waals surface area contributed by atoms with Crippen LogP contribution in [0.4, 0.5) is 10.5 Å². The lowest BCUT2D eigenvalue weighted by atomic mass is 10.1. The Labute approximate surface area is 196 Å². The third-order valence-corrected chi connectivity index (χ3v) is 5.89. The second kappa shape index (κ2) is 9.49. The van der Waals surface area contributed by atoms with Gasteiger partial charge in [0.1, 0.15) is 12.2 Å². The number of urea groups is 1. The molecular weight excluding hydrogens is 532 g/mol. The van der Waals surface area contributed by atoms with Crippen LogP contribution < -0.4 is 19.7 Å². The highest BCUT2D eigenvalue weighted by Crippen LogP contribution is 2.37. The minimum absolute atomic E-state index is 0.186. The number of hydrogen-bond donors (Lipinski definition) is 1. The summed E-state index contributed by atoms with van der Waals surface area (Å²) in [6, 6.07) is 7.53. The van der Waals surface area contributed by atoms with Crippen molar-refractivity contribution in [1.82, 2.24) is 5.32 Å². The van der Waals surface area contributed by atoms with E-state index in [-0.39, 0.29) is 12.2 Å². The summed E-state index contributed by atoms with van der Waals surface area (Å²) in [7, 11) is 1.48. The maximum atomic E-state index is 13.1. The summed E-state index contributed by atoms with van der Waals surface area (Å²) in [6.07, 6.45) is 3.00. The van der Waals surface area contributed by atoms with Crippen molar-refractivity contribution in [2.24, 2.45) is 0 Å². The standard InChI is InChI=1S/C22H18Br2N2O5/c1-4-7-31-19-17(24)10-13(11-18(19)30-3)9-15-20(27)25-22(29)26(21(15)28)14-5-6-16(23)12(2)8-14/h4-6,8-11H,1,7H2,2-3H3,(H,25,27,29)/b15-9+. The van der Waals surface area contributed by atoms with Gasteiger partial charge in [0.15, 0.2) is 11.5 Å². The average Bonchev–Trinajstić information content (AvgIpc) is 2.72. The maximum absolute atomic E-state index is 13.1. The quantitative estimate of drug-likeness (QED) is 0.319. The Hall–Kier alpha value is -2.91. The molecule has 0 aromatic heterocycles. The predicted octanol–water partition coefficient (Wildman–Crippen LogP) is 4.76. The summed E-state index contributed by atoms with van der Waals surface area (Å²) in [5.74, 6) is -0.631. The minimum Gasteiger partial charge on any atom is -0.493 e. The number of carbonyl (C=O) groups is 3. The van der Waals surface area contributed by atoms with Crippen molar-refractivity contribution < 1.29 is 23.9 Å². The molecule has 0 aliphatic carbocycles. The van der Waals surface area contributed by atoms with E-state index in [0.29, 0.717) is 27.2 Å². The van der Waals surface area contributed by atoms with Gasteiger partial charge >= 0.3 is 6.03 Å². The largest absolute Gasteiger partial charge is 0.493 e. The Kier molecular flexibility index (Phi) is 6.97. The molecule has 1 fully saturated rings. The highest BCUT2D eigenvalue weighted by molar-refractivity contribution is 9.10. The summed E-state index contributed by atoms with van der Waals surface area (Å²) >= 11 is 6.80. The van der Waals surface area contributed by atoms with Crippen molar-refractivity contribution in [3.63, 3.8) is 0 Å². The van der Waals surface area contributed by atoms with Gasteiger partial charge < -0.3 is 9.47 Å². The van der Waals surface area contributed by atoms with E-state index in [1.807, 2.05) is 6.92 Å². The van der Waals surface area contributed by atoms with Crippen LogP contribution in [0.1, 0.15) is 11.1 Å². The number of ether oxygens (including phenoxy) is 2. The van der Waals surface area contributed by atoms with Gasteiger partial charge in [-0.3, -0.25) is 14.9 Å². The lowest BCUT2D eigenvalue weighted by molar-refractivity contribution is -0.122. The maximum Gasteiger partial charge on any atom is 0.335 e. The molecule has 1 N–H and O–H groups in total. The number of carbonyl (C=O) groups excluding carboxylic acids is 3. The first-order chi connectivity index (χ1) is 14.8. The van der Waals surface area contributed by atoms with Crippen LogP contribution in [0.2, 0.25) is 0 Å². The number of benzene rings is 2. The van der Waals surface area contributed by atoms with Gasteiger partial charge in [0.25, 0.3) is 11.8 Å². The number of imide groups is 2. The topological polar surface area (TPSA) is 84.9 Å². The van der Waals surface area contributed by atoms with Crippen LogP contribution in [0.25, 0.3) is 6.08 Å². The average molecular weight is 550 g/mol. The molecule has 0 radical (unpaired) electrons. The van der Waals surface area contributed by atoms with Crippen molar-refractivity contribution in [3.05, 3.63) is 68.6 Å². The van der Waals surface area contributed by atoms with E-state index >= 15 is 0 Å². The van der Waals surface area contributed by atoms with Gasteiger partial charge in [-0.05, 0) is 70.4 Å². The molecule has 3 rings (SSSR count). The second-order valence-corrected chi connectivity index (χ2v) is 8.23. The van der Waals surface area contributed by atoms with Crippen LogP contribution >= 0.6 is 31.9 Å². The number of amides is 4. The van der Waals surface area contributed by atoms with Crippen LogP contribution in [0.5, 0.6) is 11.5 Å². The molecule has 9 heteroatoms. The summed E-state index contributed by atoms with van der Waals surface area (Å²) in [4.78, 5) is 38.8. The van der Waals surface area contributed by atoms with Crippen LogP contribution in [0.3, 0.4) is 0 Å². The fourth-order valence-corrected chi connectivity index (χ4v) is 3.75. The first kappa shape index (κ1) is 22.8. The molecule has 1 aliphatic heterocycles. The van der Waals surface area contributed by atoms with Gasteiger partial charge in [-0.25, -0.2) is 9.69 Å². The Balaban J connectivity index is 2.02. The molecular formula is C22H18Br2N2O5. The lowest BCUT2D eigenvalue weighted by Gasteiger charge is -2.26. The van der Waals surface area contributed by atoms with Crippen LogP contribution in [0, 0.1) is 6.92 Å². The zero-order chi connectivity index (χ0) is 22.7. The monoisotopic (exact) mass is 548 g/mol.